The fraction of sp³-hybridized carbons (Fsp3) is 0.444. The molecule has 1 aromatic carbocycles. The molecule has 25 heavy (non-hydrogen) atoms. The summed E-state index contributed by atoms with van der Waals surface area (Å²) >= 11 is 6.14. The zero-order valence-electron chi connectivity index (χ0n) is 14.3. The van der Waals surface area contributed by atoms with Crippen molar-refractivity contribution in [2.45, 2.75) is 24.9 Å². The van der Waals surface area contributed by atoms with Gasteiger partial charge in [-0.2, -0.15) is 0 Å². The van der Waals surface area contributed by atoms with Gasteiger partial charge in [-0.15, -0.1) is 0 Å². The Balaban J connectivity index is 1.47. The van der Waals surface area contributed by atoms with E-state index in [-0.39, 0.29) is 11.6 Å². The molecule has 1 aromatic heterocycles. The number of benzene rings is 1. The average Bonchev–Trinajstić information content (AvgIpc) is 3.11. The normalized spacial score (nSPS) is 19.7. The molecule has 0 saturated carbocycles. The molecule has 7 heteroatoms. The number of carbonyl (C=O) groups is 1. The van der Waals surface area contributed by atoms with Crippen molar-refractivity contribution < 1.29 is 4.79 Å². The van der Waals surface area contributed by atoms with Gasteiger partial charge in [0.25, 0.3) is 0 Å². The Morgan fingerprint density at radius 2 is 1.96 bits per heavy atom. The molecule has 2 aromatic rings. The molecular weight excluding hydrogens is 338 g/mol. The first kappa shape index (κ1) is 16.4. The largest absolute Gasteiger partial charge is 0.332 e. The SMILES string of the molecule is CN1CCn2ccnc2C12CCN(C(=O)Nc1ccccc1Cl)CC2. The van der Waals surface area contributed by atoms with E-state index in [0.717, 1.165) is 31.8 Å². The summed E-state index contributed by atoms with van der Waals surface area (Å²) in [5, 5.41) is 3.47. The van der Waals surface area contributed by atoms with Crippen LogP contribution in [0.3, 0.4) is 0 Å². The van der Waals surface area contributed by atoms with E-state index >= 15 is 0 Å². The summed E-state index contributed by atoms with van der Waals surface area (Å²) in [7, 11) is 2.16. The number of hydrogen-bond donors (Lipinski definition) is 1. The highest BCUT2D eigenvalue weighted by molar-refractivity contribution is 6.33. The smallest absolute Gasteiger partial charge is 0.321 e. The van der Waals surface area contributed by atoms with Crippen LogP contribution in [0.4, 0.5) is 10.5 Å². The second-order valence-electron chi connectivity index (χ2n) is 6.79. The first-order chi connectivity index (χ1) is 12.1. The molecule has 3 heterocycles. The summed E-state index contributed by atoms with van der Waals surface area (Å²) in [5.74, 6) is 1.13. The Morgan fingerprint density at radius 1 is 1.20 bits per heavy atom. The third-order valence-electron chi connectivity index (χ3n) is 5.53. The number of hydrogen-bond acceptors (Lipinski definition) is 3. The van der Waals surface area contributed by atoms with Crippen molar-refractivity contribution in [1.29, 1.82) is 0 Å². The Morgan fingerprint density at radius 3 is 2.72 bits per heavy atom. The van der Waals surface area contributed by atoms with Crippen molar-refractivity contribution in [1.82, 2.24) is 19.4 Å². The van der Waals surface area contributed by atoms with Gasteiger partial charge >= 0.3 is 6.03 Å². The molecule has 1 saturated heterocycles. The molecule has 1 fully saturated rings. The first-order valence-electron chi connectivity index (χ1n) is 8.63. The third-order valence-corrected chi connectivity index (χ3v) is 5.86. The number of rotatable bonds is 1. The molecule has 132 valence electrons. The highest BCUT2D eigenvalue weighted by Crippen LogP contribution is 2.39. The molecule has 0 unspecified atom stereocenters. The number of aromatic nitrogens is 2. The predicted octanol–water partition coefficient (Wildman–Crippen LogP) is 3.01. The zero-order chi connectivity index (χ0) is 17.4. The fourth-order valence-corrected chi connectivity index (χ4v) is 4.16. The lowest BCUT2D eigenvalue weighted by molar-refractivity contribution is 0.0197. The van der Waals surface area contributed by atoms with Gasteiger partial charge in [0.2, 0.25) is 0 Å². The van der Waals surface area contributed by atoms with Crippen LogP contribution in [0.15, 0.2) is 36.7 Å². The van der Waals surface area contributed by atoms with Crippen molar-refractivity contribution in [3.63, 3.8) is 0 Å². The van der Waals surface area contributed by atoms with Gasteiger partial charge < -0.3 is 14.8 Å². The van der Waals surface area contributed by atoms with Crippen LogP contribution in [-0.2, 0) is 12.1 Å². The number of carbonyl (C=O) groups excluding carboxylic acids is 1. The van der Waals surface area contributed by atoms with Crippen LogP contribution in [0.25, 0.3) is 0 Å². The van der Waals surface area contributed by atoms with Crippen LogP contribution in [0.1, 0.15) is 18.7 Å². The van der Waals surface area contributed by atoms with Gasteiger partial charge in [-0.3, -0.25) is 4.90 Å². The number of amides is 2. The Kier molecular flexibility index (Phi) is 4.17. The lowest BCUT2D eigenvalue weighted by Crippen LogP contribution is -2.57. The predicted molar refractivity (Wildman–Crippen MR) is 97.8 cm³/mol. The van der Waals surface area contributed by atoms with Crippen molar-refractivity contribution >= 4 is 23.3 Å². The van der Waals surface area contributed by atoms with Crippen LogP contribution in [0.2, 0.25) is 5.02 Å². The average molecular weight is 360 g/mol. The summed E-state index contributed by atoms with van der Waals surface area (Å²) < 4.78 is 2.25. The van der Waals surface area contributed by atoms with E-state index in [2.05, 4.69) is 33.0 Å². The first-order valence-corrected chi connectivity index (χ1v) is 9.01. The van der Waals surface area contributed by atoms with Gasteiger partial charge in [0.05, 0.1) is 16.2 Å². The number of fused-ring (bicyclic) bond motifs is 2. The summed E-state index contributed by atoms with van der Waals surface area (Å²) in [6, 6.07) is 7.22. The van der Waals surface area contributed by atoms with Crippen LogP contribution >= 0.6 is 11.6 Å². The Hall–Kier alpha value is -2.05. The number of likely N-dealkylation sites (tertiary alicyclic amines) is 1. The number of likely N-dealkylation sites (N-methyl/N-ethyl adjacent to an activating group) is 1. The number of anilines is 1. The van der Waals surface area contributed by atoms with Crippen LogP contribution in [0.5, 0.6) is 0 Å². The summed E-state index contributed by atoms with van der Waals surface area (Å²) in [5.41, 5.74) is 0.586. The number of imidazole rings is 1. The number of nitrogens with zero attached hydrogens (tertiary/aromatic N) is 4. The van der Waals surface area contributed by atoms with Gasteiger partial charge in [0.1, 0.15) is 5.82 Å². The monoisotopic (exact) mass is 359 g/mol. The fourth-order valence-electron chi connectivity index (χ4n) is 3.98. The van der Waals surface area contributed by atoms with Crippen LogP contribution in [0, 0.1) is 0 Å². The third kappa shape index (κ3) is 2.79. The quantitative estimate of drug-likeness (QED) is 0.851. The van der Waals surface area contributed by atoms with Crippen molar-refractivity contribution in [3.05, 3.63) is 47.5 Å². The number of urea groups is 1. The molecule has 2 aliphatic heterocycles. The number of halogens is 1. The minimum atomic E-state index is -0.0928. The highest BCUT2D eigenvalue weighted by atomic mass is 35.5. The number of piperidine rings is 1. The molecular formula is C18H22ClN5O. The maximum absolute atomic E-state index is 12.6. The summed E-state index contributed by atoms with van der Waals surface area (Å²) in [4.78, 5) is 21.5. The lowest BCUT2D eigenvalue weighted by atomic mass is 9.83. The maximum atomic E-state index is 12.6. The van der Waals surface area contributed by atoms with E-state index in [4.69, 9.17) is 11.6 Å². The van der Waals surface area contributed by atoms with Crippen molar-refractivity contribution in [2.75, 3.05) is 32.0 Å². The minimum Gasteiger partial charge on any atom is -0.332 e. The maximum Gasteiger partial charge on any atom is 0.321 e. The molecule has 0 aliphatic carbocycles. The van der Waals surface area contributed by atoms with Gasteiger partial charge in [-0.1, -0.05) is 23.7 Å². The van der Waals surface area contributed by atoms with Gasteiger partial charge in [-0.25, -0.2) is 9.78 Å². The van der Waals surface area contributed by atoms with E-state index in [0.29, 0.717) is 23.8 Å². The second-order valence-corrected chi connectivity index (χ2v) is 7.20. The Labute approximate surface area is 152 Å². The van der Waals surface area contributed by atoms with E-state index in [1.54, 1.807) is 6.07 Å². The van der Waals surface area contributed by atoms with Crippen molar-refractivity contribution in [2.24, 2.45) is 0 Å². The molecule has 4 rings (SSSR count). The number of nitrogens with one attached hydrogen (secondary N) is 1. The standard InChI is InChI=1S/C18H22ClN5O/c1-22-12-13-23-11-8-20-16(23)18(22)6-9-24(10-7-18)17(25)21-15-5-3-2-4-14(15)19/h2-5,8,11H,6-7,9-10,12-13H2,1H3,(H,21,25). The molecule has 0 bridgehead atoms. The zero-order valence-corrected chi connectivity index (χ0v) is 15.0. The summed E-state index contributed by atoms with van der Waals surface area (Å²) in [6.07, 6.45) is 5.71. The topological polar surface area (TPSA) is 53.4 Å². The summed E-state index contributed by atoms with van der Waals surface area (Å²) in [6.45, 7) is 3.39. The van der Waals surface area contributed by atoms with E-state index in [9.17, 15) is 4.79 Å². The highest BCUT2D eigenvalue weighted by Gasteiger charge is 2.45. The van der Waals surface area contributed by atoms with E-state index in [1.165, 1.54) is 0 Å². The molecule has 2 amide bonds. The number of para-hydroxylation sites is 1. The molecule has 6 nitrogen and oxygen atoms in total. The molecule has 1 N–H and O–H groups in total. The van der Waals surface area contributed by atoms with Gasteiger partial charge in [0.15, 0.2) is 0 Å². The molecule has 0 radical (unpaired) electrons. The molecule has 2 aliphatic rings. The Bertz CT molecular complexity index is 781. The van der Waals surface area contributed by atoms with E-state index in [1.807, 2.05) is 29.3 Å². The van der Waals surface area contributed by atoms with Crippen LogP contribution in [-0.4, -0.2) is 52.1 Å². The van der Waals surface area contributed by atoms with E-state index < -0.39 is 0 Å². The second kappa shape index (κ2) is 6.35. The lowest BCUT2D eigenvalue weighted by Gasteiger charge is -2.49. The molecule has 0 atom stereocenters. The van der Waals surface area contributed by atoms with Gasteiger partial charge in [0, 0.05) is 38.6 Å². The van der Waals surface area contributed by atoms with Crippen molar-refractivity contribution in [3.8, 4) is 0 Å². The van der Waals surface area contributed by atoms with Gasteiger partial charge in [-0.05, 0) is 32.0 Å². The van der Waals surface area contributed by atoms with Crippen LogP contribution < -0.4 is 5.32 Å². The minimum absolute atomic E-state index is 0.0665. The molecule has 1 spiro atoms.